The topological polar surface area (TPSA) is 67.2 Å². The van der Waals surface area contributed by atoms with E-state index >= 15 is 0 Å². The summed E-state index contributed by atoms with van der Waals surface area (Å²) in [6.45, 7) is 6.46. The van der Waals surface area contributed by atoms with E-state index in [9.17, 15) is 8.42 Å². The van der Waals surface area contributed by atoms with Crippen LogP contribution in [0, 0.1) is 0 Å². The zero-order valence-electron chi connectivity index (χ0n) is 10.1. The molecule has 1 fully saturated rings. The molecule has 0 bridgehead atoms. The Hall–Kier alpha value is -0.920. The lowest BCUT2D eigenvalue weighted by atomic mass is 10.3. The van der Waals surface area contributed by atoms with Gasteiger partial charge in [0.15, 0.2) is 5.03 Å². The molecule has 7 heteroatoms. The molecule has 2 rings (SSSR count). The number of rotatable bonds is 3. The molecule has 1 aliphatic heterocycles. The van der Waals surface area contributed by atoms with E-state index < -0.39 is 10.0 Å². The first-order chi connectivity index (χ1) is 8.05. The van der Waals surface area contributed by atoms with Crippen molar-refractivity contribution in [2.75, 3.05) is 19.6 Å². The Kier molecular flexibility index (Phi) is 3.50. The van der Waals surface area contributed by atoms with Crippen molar-refractivity contribution in [3.63, 3.8) is 0 Å². The Balaban J connectivity index is 2.28. The molecule has 0 unspecified atom stereocenters. The van der Waals surface area contributed by atoms with Crippen molar-refractivity contribution in [3.8, 4) is 0 Å². The molecule has 1 saturated heterocycles. The predicted molar refractivity (Wildman–Crippen MR) is 64.1 cm³/mol. The zero-order chi connectivity index (χ0) is 12.5. The molecule has 0 aliphatic carbocycles. The van der Waals surface area contributed by atoms with E-state index in [2.05, 4.69) is 10.3 Å². The fraction of sp³-hybridized carbons (Fsp3) is 0.700. The van der Waals surface area contributed by atoms with E-state index in [0.29, 0.717) is 19.6 Å². The third-order valence-corrected chi connectivity index (χ3v) is 4.89. The van der Waals surface area contributed by atoms with E-state index in [1.54, 1.807) is 17.1 Å². The van der Waals surface area contributed by atoms with Crippen molar-refractivity contribution in [2.24, 2.45) is 0 Å². The summed E-state index contributed by atoms with van der Waals surface area (Å²) in [7, 11) is -3.44. The minimum absolute atomic E-state index is 0.0273. The number of imidazole rings is 1. The SMILES string of the molecule is CCn1cnc(S(=O)(=O)N2CCNC[C@H]2C)c1. The maximum Gasteiger partial charge on any atom is 0.262 e. The highest BCUT2D eigenvalue weighted by atomic mass is 32.2. The van der Waals surface area contributed by atoms with Gasteiger partial charge in [-0.15, -0.1) is 0 Å². The number of piperazine rings is 1. The van der Waals surface area contributed by atoms with Gasteiger partial charge in [0.05, 0.1) is 6.33 Å². The largest absolute Gasteiger partial charge is 0.336 e. The highest BCUT2D eigenvalue weighted by Crippen LogP contribution is 2.17. The molecule has 1 aromatic heterocycles. The Morgan fingerprint density at radius 1 is 1.59 bits per heavy atom. The maximum absolute atomic E-state index is 12.3. The molecular weight excluding hydrogens is 240 g/mol. The van der Waals surface area contributed by atoms with Gasteiger partial charge in [0, 0.05) is 38.4 Å². The van der Waals surface area contributed by atoms with Gasteiger partial charge in [0.2, 0.25) is 0 Å². The van der Waals surface area contributed by atoms with Crippen LogP contribution in [-0.4, -0.2) is 48.0 Å². The summed E-state index contributed by atoms with van der Waals surface area (Å²) in [6.07, 6.45) is 3.14. The standard InChI is InChI=1S/C10H18N4O2S/c1-3-13-7-10(12-8-13)17(15,16)14-5-4-11-6-9(14)2/h7-9,11H,3-6H2,1-2H3/t9-/m1/s1. The second-order valence-corrected chi connectivity index (χ2v) is 6.05. The molecule has 0 amide bonds. The van der Waals surface area contributed by atoms with Crippen LogP contribution < -0.4 is 5.32 Å². The fourth-order valence-corrected chi connectivity index (χ4v) is 3.51. The summed E-state index contributed by atoms with van der Waals surface area (Å²) >= 11 is 0. The lowest BCUT2D eigenvalue weighted by Crippen LogP contribution is -2.52. The van der Waals surface area contributed by atoms with Crippen LogP contribution in [0.4, 0.5) is 0 Å². The number of hydrogen-bond acceptors (Lipinski definition) is 4. The van der Waals surface area contributed by atoms with Crippen LogP contribution in [0.1, 0.15) is 13.8 Å². The molecule has 1 N–H and O–H groups in total. The molecule has 2 heterocycles. The predicted octanol–water partition coefficient (Wildman–Crippen LogP) is -0.115. The first-order valence-electron chi connectivity index (χ1n) is 5.80. The fourth-order valence-electron chi connectivity index (χ4n) is 1.95. The molecular formula is C10H18N4O2S. The second kappa shape index (κ2) is 4.75. The van der Waals surface area contributed by atoms with E-state index in [0.717, 1.165) is 6.54 Å². The van der Waals surface area contributed by atoms with Crippen molar-refractivity contribution in [1.29, 1.82) is 0 Å². The first-order valence-corrected chi connectivity index (χ1v) is 7.24. The zero-order valence-corrected chi connectivity index (χ0v) is 10.9. The van der Waals surface area contributed by atoms with Gasteiger partial charge in [-0.2, -0.15) is 4.31 Å². The molecule has 1 aromatic rings. The Bertz CT molecular complexity index is 482. The molecule has 1 aliphatic rings. The van der Waals surface area contributed by atoms with E-state index in [1.165, 1.54) is 4.31 Å². The maximum atomic E-state index is 12.3. The third-order valence-electron chi connectivity index (χ3n) is 2.99. The van der Waals surface area contributed by atoms with Gasteiger partial charge >= 0.3 is 0 Å². The number of sulfonamides is 1. The highest BCUT2D eigenvalue weighted by Gasteiger charge is 2.32. The third kappa shape index (κ3) is 2.36. The Morgan fingerprint density at radius 2 is 2.35 bits per heavy atom. The van der Waals surface area contributed by atoms with Crippen LogP contribution in [0.15, 0.2) is 17.6 Å². The number of nitrogens with zero attached hydrogens (tertiary/aromatic N) is 3. The van der Waals surface area contributed by atoms with Crippen LogP contribution in [0.25, 0.3) is 0 Å². The molecule has 0 saturated carbocycles. The molecule has 96 valence electrons. The summed E-state index contributed by atoms with van der Waals surface area (Å²) in [5.41, 5.74) is 0. The van der Waals surface area contributed by atoms with Crippen LogP contribution in [0.2, 0.25) is 0 Å². The van der Waals surface area contributed by atoms with Crippen LogP contribution in [-0.2, 0) is 16.6 Å². The van der Waals surface area contributed by atoms with Gasteiger partial charge in [0.1, 0.15) is 0 Å². The Labute approximate surface area is 102 Å². The molecule has 17 heavy (non-hydrogen) atoms. The van der Waals surface area contributed by atoms with E-state index in [-0.39, 0.29) is 11.1 Å². The second-order valence-electron chi connectivity index (χ2n) is 4.21. The van der Waals surface area contributed by atoms with Gasteiger partial charge in [-0.1, -0.05) is 0 Å². The van der Waals surface area contributed by atoms with Crippen molar-refractivity contribution in [3.05, 3.63) is 12.5 Å². The lowest BCUT2D eigenvalue weighted by Gasteiger charge is -2.32. The normalized spacial score (nSPS) is 22.8. The number of nitrogens with one attached hydrogen (secondary N) is 1. The minimum atomic E-state index is -3.44. The van der Waals surface area contributed by atoms with Gasteiger partial charge < -0.3 is 9.88 Å². The van der Waals surface area contributed by atoms with Gasteiger partial charge in [-0.05, 0) is 13.8 Å². The van der Waals surface area contributed by atoms with Gasteiger partial charge in [0.25, 0.3) is 10.0 Å². The molecule has 0 spiro atoms. The smallest absolute Gasteiger partial charge is 0.262 e. The first kappa shape index (κ1) is 12.5. The van der Waals surface area contributed by atoms with Crippen LogP contribution >= 0.6 is 0 Å². The van der Waals surface area contributed by atoms with Gasteiger partial charge in [-0.3, -0.25) is 0 Å². The van der Waals surface area contributed by atoms with E-state index in [1.807, 2.05) is 13.8 Å². The highest BCUT2D eigenvalue weighted by molar-refractivity contribution is 7.89. The quantitative estimate of drug-likeness (QED) is 0.821. The van der Waals surface area contributed by atoms with Crippen LogP contribution in [0.5, 0.6) is 0 Å². The van der Waals surface area contributed by atoms with Gasteiger partial charge in [-0.25, -0.2) is 13.4 Å². The average molecular weight is 258 g/mol. The number of aromatic nitrogens is 2. The number of hydrogen-bond donors (Lipinski definition) is 1. The van der Waals surface area contributed by atoms with E-state index in [4.69, 9.17) is 0 Å². The van der Waals surface area contributed by atoms with Crippen molar-refractivity contribution in [1.82, 2.24) is 19.2 Å². The van der Waals surface area contributed by atoms with Crippen molar-refractivity contribution in [2.45, 2.75) is 31.5 Å². The summed E-state index contributed by atoms with van der Waals surface area (Å²) in [5.74, 6) is 0. The molecule has 6 nitrogen and oxygen atoms in total. The Morgan fingerprint density at radius 3 is 2.94 bits per heavy atom. The van der Waals surface area contributed by atoms with Crippen molar-refractivity contribution < 1.29 is 8.42 Å². The van der Waals surface area contributed by atoms with Crippen molar-refractivity contribution >= 4 is 10.0 Å². The average Bonchev–Trinajstić information content (AvgIpc) is 2.78. The summed E-state index contributed by atoms with van der Waals surface area (Å²) in [5, 5.41) is 3.32. The lowest BCUT2D eigenvalue weighted by molar-refractivity contribution is 0.283. The summed E-state index contributed by atoms with van der Waals surface area (Å²) in [6, 6.07) is -0.0273. The minimum Gasteiger partial charge on any atom is -0.336 e. The molecule has 0 radical (unpaired) electrons. The monoisotopic (exact) mass is 258 g/mol. The molecule has 0 aromatic carbocycles. The molecule has 1 atom stereocenters. The van der Waals surface area contributed by atoms with Crippen LogP contribution in [0.3, 0.4) is 0 Å². The number of aryl methyl sites for hydroxylation is 1. The summed E-state index contributed by atoms with van der Waals surface area (Å²) in [4.78, 5) is 3.98. The summed E-state index contributed by atoms with van der Waals surface area (Å²) < 4.78 is 28.0.